The number of rotatable bonds is 14. The van der Waals surface area contributed by atoms with E-state index in [-0.39, 0.29) is 11.6 Å². The molecule has 0 radical (unpaired) electrons. The van der Waals surface area contributed by atoms with Crippen molar-refractivity contribution in [3.63, 3.8) is 0 Å². The second kappa shape index (κ2) is 21.6. The predicted molar refractivity (Wildman–Crippen MR) is 373 cm³/mol. The summed E-state index contributed by atoms with van der Waals surface area (Å²) in [6.45, 7) is 28.3. The van der Waals surface area contributed by atoms with Gasteiger partial charge in [-0.15, -0.1) is 0 Å². The van der Waals surface area contributed by atoms with Crippen LogP contribution >= 0.6 is 0 Å². The summed E-state index contributed by atoms with van der Waals surface area (Å²) in [5, 5.41) is 11.6. The van der Waals surface area contributed by atoms with Gasteiger partial charge in [0.15, 0.2) is 0 Å². The van der Waals surface area contributed by atoms with Crippen LogP contribution in [0.15, 0.2) is 231 Å². The van der Waals surface area contributed by atoms with E-state index in [9.17, 15) is 0 Å². The Morgan fingerprint density at radius 2 is 0.560 bits per heavy atom. The van der Waals surface area contributed by atoms with E-state index in [1.165, 1.54) is 20.7 Å². The molecule has 12 aromatic carbocycles. The molecule has 0 saturated heterocycles. The van der Waals surface area contributed by atoms with Gasteiger partial charge in [0.05, 0.1) is 55.0 Å². The predicted octanol–water partition coefficient (Wildman–Crippen LogP) is 20.7. The maximum Gasteiger partial charge on any atom is 0.148 e. The highest BCUT2D eigenvalue weighted by Crippen LogP contribution is 2.52. The number of benzene rings is 12. The van der Waals surface area contributed by atoms with Crippen LogP contribution in [0.2, 0.25) is 78.6 Å². The summed E-state index contributed by atoms with van der Waals surface area (Å²) in [5.74, 6) is -0.632. The van der Waals surface area contributed by atoms with E-state index in [2.05, 4.69) is 270 Å². The molecule has 0 N–H and O–H groups in total. The Morgan fingerprint density at radius 3 is 0.857 bits per heavy atom. The Bertz CT molecular complexity index is 4100. The van der Waals surface area contributed by atoms with Crippen LogP contribution in [-0.4, -0.2) is 32.3 Å². The van der Waals surface area contributed by atoms with E-state index in [0.29, 0.717) is 11.4 Å². The van der Waals surface area contributed by atoms with Crippen molar-refractivity contribution in [2.24, 2.45) is 0 Å². The molecular weight excluding hydrogens is 1090 g/mol. The van der Waals surface area contributed by atoms with E-state index >= 15 is 8.78 Å². The van der Waals surface area contributed by atoms with Crippen LogP contribution in [0.3, 0.4) is 0 Å². The van der Waals surface area contributed by atoms with E-state index in [4.69, 9.17) is 0 Å². The lowest BCUT2D eigenvalue weighted by Crippen LogP contribution is -2.37. The number of hydrogen-bond donors (Lipinski definition) is 0. The van der Waals surface area contributed by atoms with Crippen LogP contribution in [0.1, 0.15) is 0 Å². The molecule has 0 atom stereocenters. The molecule has 0 heterocycles. The Labute approximate surface area is 500 Å². The topological polar surface area (TPSA) is 6.48 Å². The quantitative estimate of drug-likeness (QED) is 0.0791. The summed E-state index contributed by atoms with van der Waals surface area (Å²) in [6.07, 6.45) is 0. The van der Waals surface area contributed by atoms with Crippen LogP contribution in [0.5, 0.6) is 0 Å². The van der Waals surface area contributed by atoms with Crippen LogP contribution in [-0.2, 0) is 0 Å². The van der Waals surface area contributed by atoms with Crippen molar-refractivity contribution in [1.82, 2.24) is 0 Å². The van der Waals surface area contributed by atoms with Crippen LogP contribution in [0, 0.1) is 11.6 Å². The number of anilines is 6. The Balaban J connectivity index is 1.09. The first-order valence-corrected chi connectivity index (χ1v) is 43.5. The lowest BCUT2D eigenvalue weighted by atomic mass is 9.90. The summed E-state index contributed by atoms with van der Waals surface area (Å²) in [6, 6.07) is 81.0. The highest BCUT2D eigenvalue weighted by atomic mass is 28.3. The lowest BCUT2D eigenvalue weighted by molar-refractivity contribution is 0.629. The number of hydrogen-bond acceptors (Lipinski definition) is 2. The second-order valence-electron chi connectivity index (χ2n) is 27.0. The smallest absolute Gasteiger partial charge is 0.148 e. The van der Waals surface area contributed by atoms with Gasteiger partial charge in [-0.2, -0.15) is 0 Å². The lowest BCUT2D eigenvalue weighted by Gasteiger charge is -2.32. The van der Waals surface area contributed by atoms with Gasteiger partial charge in [-0.05, 0) is 116 Å². The van der Waals surface area contributed by atoms with Gasteiger partial charge in [0.25, 0.3) is 0 Å². The van der Waals surface area contributed by atoms with Crippen molar-refractivity contribution in [1.29, 1.82) is 0 Å². The average Bonchev–Trinajstić information content (AvgIpc) is 0.958. The van der Waals surface area contributed by atoms with Crippen molar-refractivity contribution < 1.29 is 8.78 Å². The molecule has 0 aliphatic rings. The van der Waals surface area contributed by atoms with Gasteiger partial charge in [0.1, 0.15) is 11.6 Å². The third-order valence-electron chi connectivity index (χ3n) is 17.0. The maximum absolute atomic E-state index is 18.3. The van der Waals surface area contributed by atoms with E-state index in [0.717, 1.165) is 99.6 Å². The number of nitrogens with zero attached hydrogens (tertiary/aromatic N) is 2. The summed E-state index contributed by atoms with van der Waals surface area (Å²) in [7, 11) is -6.47. The minimum Gasteiger partial charge on any atom is -0.307 e. The zero-order valence-electron chi connectivity index (χ0n) is 50.6. The van der Waals surface area contributed by atoms with Gasteiger partial charge in [-0.1, -0.05) is 269 Å². The number of halogens is 2. The van der Waals surface area contributed by atoms with Gasteiger partial charge >= 0.3 is 0 Å². The van der Waals surface area contributed by atoms with Gasteiger partial charge in [-0.25, -0.2) is 8.78 Å². The molecule has 0 bridgehead atoms. The zero-order chi connectivity index (χ0) is 59.0. The van der Waals surface area contributed by atoms with Crippen molar-refractivity contribution >= 4 is 119 Å². The van der Waals surface area contributed by atoms with Crippen LogP contribution < -0.4 is 30.5 Å². The summed E-state index contributed by atoms with van der Waals surface area (Å²) in [5.41, 5.74) is 11.5. The Hall–Kier alpha value is -7.99. The average molecular weight is 1170 g/mol. The molecule has 0 spiro atoms. The zero-order valence-corrected chi connectivity index (χ0v) is 54.6. The van der Waals surface area contributed by atoms with Gasteiger partial charge in [-0.3, -0.25) is 0 Å². The summed E-state index contributed by atoms with van der Waals surface area (Å²) >= 11 is 0. The molecule has 0 saturated carbocycles. The Kier molecular flexibility index (Phi) is 14.5. The van der Waals surface area contributed by atoms with Crippen molar-refractivity contribution in [3.05, 3.63) is 242 Å². The first kappa shape index (κ1) is 56.5. The van der Waals surface area contributed by atoms with E-state index in [1.807, 2.05) is 36.4 Å². The van der Waals surface area contributed by atoms with E-state index in [1.54, 1.807) is 12.1 Å². The summed E-state index contributed by atoms with van der Waals surface area (Å²) < 4.78 is 36.6. The molecule has 0 aliphatic heterocycles. The fraction of sp³-hybridized carbons (Fsp3) is 0.158. The molecule has 12 rings (SSSR count). The maximum atomic E-state index is 18.3. The molecule has 84 heavy (non-hydrogen) atoms. The van der Waals surface area contributed by atoms with Gasteiger partial charge in [0.2, 0.25) is 0 Å². The van der Waals surface area contributed by atoms with Crippen LogP contribution in [0.4, 0.5) is 42.9 Å². The molecule has 0 unspecified atom stereocenters. The molecular formula is C76H74F2N2Si4. The second-order valence-corrected chi connectivity index (χ2v) is 47.3. The summed E-state index contributed by atoms with van der Waals surface area (Å²) in [4.78, 5) is 4.26. The molecule has 8 heteroatoms. The Morgan fingerprint density at radius 1 is 0.274 bits per heavy atom. The van der Waals surface area contributed by atoms with Crippen molar-refractivity contribution in [3.8, 4) is 44.5 Å². The minimum atomic E-state index is -1.66. The van der Waals surface area contributed by atoms with Gasteiger partial charge in [0, 0.05) is 33.3 Å². The van der Waals surface area contributed by atoms with Crippen LogP contribution in [0.25, 0.3) is 76.8 Å². The first-order chi connectivity index (χ1) is 40.0. The first-order valence-electron chi connectivity index (χ1n) is 29.5. The standard InChI is InChI=1S/C76H74F2N2Si4/c1-81(2,3)61-35-23-51(24-36-61)57-47-67(53-27-39-63(40-28-53)83(7,8)9)75(69(77)49-57)79(59-19-15-13-16-20-59)71-45-33-55-32-44-66-72(46-34-56-31-43-65(71)73(55)74(56)66)80(60-21-17-14-18-22-60)76-68(54-29-41-64(42-30-54)84(10,11)12)48-58(50-70(76)78)52-25-37-62(38-26-52)82(4,5)6/h13-50H,1-12H3. The molecule has 0 amide bonds. The third kappa shape index (κ3) is 10.7. The SMILES string of the molecule is C[Si](C)(C)c1ccc(-c2cc(F)c(N(c3ccccc3)c3ccc4ccc5c(N(c6ccccc6)c6c(F)cc(-c7ccc([Si](C)(C)C)cc7)cc6-c6ccc([Si](C)(C)C)cc6)ccc6ccc3c4c65)c(-c3ccc([Si](C)(C)C)cc3)c2)cc1. The molecule has 2 nitrogen and oxygen atoms in total. The molecule has 0 aliphatic carbocycles. The highest BCUT2D eigenvalue weighted by molar-refractivity contribution is 6.90. The molecule has 0 fully saturated rings. The van der Waals surface area contributed by atoms with Crippen molar-refractivity contribution in [2.45, 2.75) is 78.6 Å². The monoisotopic (exact) mass is 1160 g/mol. The van der Waals surface area contributed by atoms with E-state index < -0.39 is 32.3 Å². The van der Waals surface area contributed by atoms with Gasteiger partial charge < -0.3 is 9.80 Å². The fourth-order valence-corrected chi connectivity index (χ4v) is 16.8. The molecule has 0 aromatic heterocycles. The number of para-hydroxylation sites is 2. The van der Waals surface area contributed by atoms with Crippen molar-refractivity contribution in [2.75, 3.05) is 9.80 Å². The third-order valence-corrected chi connectivity index (χ3v) is 25.3. The minimum absolute atomic E-state index is 0.316. The molecule has 418 valence electrons. The normalized spacial score (nSPS) is 12.4. The largest absolute Gasteiger partial charge is 0.307 e. The molecule has 12 aromatic rings. The fourth-order valence-electron chi connectivity index (χ4n) is 12.1. The highest BCUT2D eigenvalue weighted by Gasteiger charge is 2.30.